The number of anilines is 1. The van der Waals surface area contributed by atoms with Crippen LogP contribution < -0.4 is 4.90 Å². The number of aliphatic imine (C=N–C) groups is 1. The quantitative estimate of drug-likeness (QED) is 0.833. The first kappa shape index (κ1) is 9.85. The Labute approximate surface area is 95.4 Å². The van der Waals surface area contributed by atoms with Gasteiger partial charge in [-0.25, -0.2) is 0 Å². The van der Waals surface area contributed by atoms with Gasteiger partial charge < -0.3 is 10.0 Å². The topological polar surface area (TPSA) is 35.8 Å². The largest absolute Gasteiger partial charge is 0.390 e. The summed E-state index contributed by atoms with van der Waals surface area (Å²) in [6.07, 6.45) is 4.55. The summed E-state index contributed by atoms with van der Waals surface area (Å²) >= 11 is 0. The number of nitrogens with zero attached hydrogens (tertiary/aromatic N) is 2. The second kappa shape index (κ2) is 3.59. The summed E-state index contributed by atoms with van der Waals surface area (Å²) in [6, 6.07) is 8.30. The van der Waals surface area contributed by atoms with Gasteiger partial charge in [0.1, 0.15) is 0 Å². The van der Waals surface area contributed by atoms with Gasteiger partial charge in [0.05, 0.1) is 18.5 Å². The number of hydrogen-bond donors (Lipinski definition) is 1. The molecule has 1 saturated carbocycles. The lowest BCUT2D eigenvalue weighted by Crippen LogP contribution is -2.21. The molecule has 0 bridgehead atoms. The third kappa shape index (κ3) is 1.83. The van der Waals surface area contributed by atoms with E-state index in [0.717, 1.165) is 32.4 Å². The Morgan fingerprint density at radius 3 is 2.81 bits per heavy atom. The molecular weight excluding hydrogens is 200 g/mol. The van der Waals surface area contributed by atoms with Crippen LogP contribution in [0.15, 0.2) is 29.3 Å². The van der Waals surface area contributed by atoms with Gasteiger partial charge in [-0.2, -0.15) is 0 Å². The molecule has 3 heteroatoms. The molecule has 1 N–H and O–H groups in total. The van der Waals surface area contributed by atoms with E-state index in [2.05, 4.69) is 22.0 Å². The van der Waals surface area contributed by atoms with Crippen molar-refractivity contribution in [2.24, 2.45) is 4.99 Å². The van der Waals surface area contributed by atoms with Gasteiger partial charge in [-0.3, -0.25) is 4.99 Å². The van der Waals surface area contributed by atoms with Gasteiger partial charge in [-0.15, -0.1) is 0 Å². The van der Waals surface area contributed by atoms with Crippen LogP contribution in [0, 0.1) is 0 Å². The number of para-hydroxylation sites is 1. The molecule has 1 heterocycles. The van der Waals surface area contributed by atoms with E-state index in [9.17, 15) is 5.11 Å². The summed E-state index contributed by atoms with van der Waals surface area (Å²) in [4.78, 5) is 6.40. The number of rotatable bonds is 3. The molecule has 1 aliphatic carbocycles. The highest BCUT2D eigenvalue weighted by Crippen LogP contribution is 2.40. The van der Waals surface area contributed by atoms with Gasteiger partial charge in [-0.05, 0) is 24.5 Å². The van der Waals surface area contributed by atoms with Crippen LogP contribution in [0.25, 0.3) is 0 Å². The van der Waals surface area contributed by atoms with Gasteiger partial charge >= 0.3 is 0 Å². The zero-order valence-corrected chi connectivity index (χ0v) is 9.26. The molecule has 0 aromatic heterocycles. The SMILES string of the molecule is OC1(Cc2ccccc2N2C=NCC2)CC1. The Morgan fingerprint density at radius 1 is 1.31 bits per heavy atom. The lowest BCUT2D eigenvalue weighted by atomic mass is 10.0. The molecule has 2 aliphatic rings. The molecule has 0 saturated heterocycles. The summed E-state index contributed by atoms with van der Waals surface area (Å²) in [5.41, 5.74) is 2.01. The average molecular weight is 216 g/mol. The van der Waals surface area contributed by atoms with Crippen molar-refractivity contribution in [2.45, 2.75) is 24.9 Å². The van der Waals surface area contributed by atoms with E-state index >= 15 is 0 Å². The summed E-state index contributed by atoms with van der Waals surface area (Å²) in [5, 5.41) is 10.00. The minimum absolute atomic E-state index is 0.424. The summed E-state index contributed by atoms with van der Waals surface area (Å²) in [7, 11) is 0. The van der Waals surface area contributed by atoms with Crippen molar-refractivity contribution in [1.82, 2.24) is 0 Å². The maximum atomic E-state index is 10.00. The highest BCUT2D eigenvalue weighted by molar-refractivity contribution is 5.82. The molecule has 3 nitrogen and oxygen atoms in total. The average Bonchev–Trinajstić information content (AvgIpc) is 2.83. The molecule has 3 rings (SSSR count). The third-order valence-electron chi connectivity index (χ3n) is 3.34. The number of benzene rings is 1. The molecule has 0 radical (unpaired) electrons. The van der Waals surface area contributed by atoms with Crippen molar-refractivity contribution in [3.8, 4) is 0 Å². The van der Waals surface area contributed by atoms with Crippen molar-refractivity contribution >= 4 is 12.0 Å². The maximum Gasteiger partial charge on any atom is 0.0895 e. The molecular formula is C13H16N2O. The summed E-state index contributed by atoms with van der Waals surface area (Å²) in [5.74, 6) is 0. The van der Waals surface area contributed by atoms with Crippen molar-refractivity contribution in [3.05, 3.63) is 29.8 Å². The van der Waals surface area contributed by atoms with Gasteiger partial charge in [-0.1, -0.05) is 18.2 Å². The van der Waals surface area contributed by atoms with E-state index in [-0.39, 0.29) is 0 Å². The number of aliphatic hydroxyl groups is 1. The minimum atomic E-state index is -0.424. The van der Waals surface area contributed by atoms with Crippen LogP contribution in [0.1, 0.15) is 18.4 Å². The second-order valence-electron chi connectivity index (χ2n) is 4.74. The third-order valence-corrected chi connectivity index (χ3v) is 3.34. The van der Waals surface area contributed by atoms with Crippen molar-refractivity contribution in [3.63, 3.8) is 0 Å². The molecule has 1 aromatic rings. The lowest BCUT2D eigenvalue weighted by Gasteiger charge is -2.19. The summed E-state index contributed by atoms with van der Waals surface area (Å²) < 4.78 is 0. The van der Waals surface area contributed by atoms with Crippen molar-refractivity contribution in [1.29, 1.82) is 0 Å². The van der Waals surface area contributed by atoms with Crippen LogP contribution in [-0.2, 0) is 6.42 Å². The van der Waals surface area contributed by atoms with Crippen LogP contribution in [0.4, 0.5) is 5.69 Å². The van der Waals surface area contributed by atoms with E-state index in [4.69, 9.17) is 0 Å². The highest BCUT2D eigenvalue weighted by Gasteiger charge is 2.40. The first-order chi connectivity index (χ1) is 7.77. The Hall–Kier alpha value is -1.35. The van der Waals surface area contributed by atoms with E-state index in [0.29, 0.717) is 0 Å². The van der Waals surface area contributed by atoms with Gasteiger partial charge in [0.25, 0.3) is 0 Å². The smallest absolute Gasteiger partial charge is 0.0895 e. The van der Waals surface area contributed by atoms with Crippen LogP contribution in [0.2, 0.25) is 0 Å². The van der Waals surface area contributed by atoms with E-state index < -0.39 is 5.60 Å². The van der Waals surface area contributed by atoms with Gasteiger partial charge in [0, 0.05) is 18.7 Å². The minimum Gasteiger partial charge on any atom is -0.390 e. The van der Waals surface area contributed by atoms with E-state index in [1.165, 1.54) is 11.3 Å². The fourth-order valence-corrected chi connectivity index (χ4v) is 2.18. The normalized spacial score (nSPS) is 21.4. The van der Waals surface area contributed by atoms with Crippen LogP contribution in [-0.4, -0.2) is 30.1 Å². The van der Waals surface area contributed by atoms with Gasteiger partial charge in [0.2, 0.25) is 0 Å². The zero-order chi connectivity index (χ0) is 11.0. The molecule has 1 aromatic carbocycles. The predicted molar refractivity (Wildman–Crippen MR) is 65.0 cm³/mol. The molecule has 16 heavy (non-hydrogen) atoms. The van der Waals surface area contributed by atoms with Crippen LogP contribution >= 0.6 is 0 Å². The molecule has 1 fully saturated rings. The van der Waals surface area contributed by atoms with E-state index in [1.54, 1.807) is 0 Å². The maximum absolute atomic E-state index is 10.00. The fraction of sp³-hybridized carbons (Fsp3) is 0.462. The second-order valence-corrected chi connectivity index (χ2v) is 4.74. The Balaban J connectivity index is 1.88. The molecule has 1 aliphatic heterocycles. The first-order valence-corrected chi connectivity index (χ1v) is 5.84. The Bertz CT molecular complexity index is 424. The molecule has 0 unspecified atom stereocenters. The molecule has 0 atom stereocenters. The highest BCUT2D eigenvalue weighted by atomic mass is 16.3. The molecule has 0 amide bonds. The fourth-order valence-electron chi connectivity index (χ4n) is 2.18. The number of hydrogen-bond acceptors (Lipinski definition) is 3. The Morgan fingerprint density at radius 2 is 2.12 bits per heavy atom. The van der Waals surface area contributed by atoms with Crippen molar-refractivity contribution < 1.29 is 5.11 Å². The van der Waals surface area contributed by atoms with Crippen molar-refractivity contribution in [2.75, 3.05) is 18.0 Å². The van der Waals surface area contributed by atoms with E-state index in [1.807, 2.05) is 18.5 Å². The first-order valence-electron chi connectivity index (χ1n) is 5.84. The summed E-state index contributed by atoms with van der Waals surface area (Å²) in [6.45, 7) is 1.83. The standard InChI is InChI=1S/C13H16N2O/c16-13(5-6-13)9-11-3-1-2-4-12(11)15-8-7-14-10-15/h1-4,10,16H,5-9H2. The van der Waals surface area contributed by atoms with Crippen LogP contribution in [0.5, 0.6) is 0 Å². The van der Waals surface area contributed by atoms with Crippen LogP contribution in [0.3, 0.4) is 0 Å². The monoisotopic (exact) mass is 216 g/mol. The zero-order valence-electron chi connectivity index (χ0n) is 9.26. The molecule has 0 spiro atoms. The Kier molecular flexibility index (Phi) is 2.21. The van der Waals surface area contributed by atoms with Gasteiger partial charge in [0.15, 0.2) is 0 Å². The predicted octanol–water partition coefficient (Wildman–Crippen LogP) is 1.60. The lowest BCUT2D eigenvalue weighted by molar-refractivity contribution is 0.151. The molecule has 84 valence electrons.